The highest BCUT2D eigenvalue weighted by atomic mass is 127. The summed E-state index contributed by atoms with van der Waals surface area (Å²) < 4.78 is 0.925. The Balaban J connectivity index is 1.95. The number of hydrogen-bond donors (Lipinski definition) is 2. The molecule has 0 aliphatic carbocycles. The zero-order valence-electron chi connectivity index (χ0n) is 11.5. The number of rotatable bonds is 4. The number of nitrogens with one attached hydrogen (secondary N) is 2. The predicted molar refractivity (Wildman–Crippen MR) is 91.1 cm³/mol. The first-order chi connectivity index (χ1) is 10.1. The molecule has 0 bridgehead atoms. The van der Waals surface area contributed by atoms with Gasteiger partial charge in [0.15, 0.2) is 0 Å². The molecule has 5 heteroatoms. The molecule has 0 atom stereocenters. The van der Waals surface area contributed by atoms with Gasteiger partial charge < -0.3 is 10.6 Å². The van der Waals surface area contributed by atoms with Crippen LogP contribution in [-0.4, -0.2) is 11.8 Å². The van der Waals surface area contributed by atoms with Crippen LogP contribution in [0.4, 0.5) is 5.69 Å². The van der Waals surface area contributed by atoms with Gasteiger partial charge in [-0.3, -0.25) is 9.59 Å². The number of benzene rings is 2. The summed E-state index contributed by atoms with van der Waals surface area (Å²) in [7, 11) is 0. The standard InChI is InChI=1S/C16H15IN2O2/c1-11(20)19-13-8-6-12(7-9-13)10-18-16(21)14-4-2-3-5-15(14)17/h2-9H,10H2,1H3,(H,18,21)(H,19,20). The topological polar surface area (TPSA) is 58.2 Å². The summed E-state index contributed by atoms with van der Waals surface area (Å²) in [6.07, 6.45) is 0. The van der Waals surface area contributed by atoms with Crippen LogP contribution in [0.5, 0.6) is 0 Å². The van der Waals surface area contributed by atoms with Crippen molar-refractivity contribution in [3.8, 4) is 0 Å². The maximum absolute atomic E-state index is 12.1. The first kappa shape index (κ1) is 15.5. The van der Waals surface area contributed by atoms with E-state index in [9.17, 15) is 9.59 Å². The Labute approximate surface area is 137 Å². The third-order valence-electron chi connectivity index (χ3n) is 2.85. The fourth-order valence-corrected chi connectivity index (χ4v) is 2.46. The summed E-state index contributed by atoms with van der Waals surface area (Å²) in [4.78, 5) is 23.0. The summed E-state index contributed by atoms with van der Waals surface area (Å²) in [6.45, 7) is 1.92. The summed E-state index contributed by atoms with van der Waals surface area (Å²) in [5.41, 5.74) is 2.39. The molecule has 2 rings (SSSR count). The predicted octanol–water partition coefficient (Wildman–Crippen LogP) is 3.18. The largest absolute Gasteiger partial charge is 0.348 e. The van der Waals surface area contributed by atoms with E-state index >= 15 is 0 Å². The summed E-state index contributed by atoms with van der Waals surface area (Å²) in [5, 5.41) is 5.59. The van der Waals surface area contributed by atoms with Gasteiger partial charge >= 0.3 is 0 Å². The minimum absolute atomic E-state index is 0.0917. The molecule has 0 aliphatic rings. The number of carbonyl (C=O) groups is 2. The molecule has 0 saturated carbocycles. The lowest BCUT2D eigenvalue weighted by Crippen LogP contribution is -2.23. The first-order valence-corrected chi connectivity index (χ1v) is 7.53. The van der Waals surface area contributed by atoms with E-state index in [1.165, 1.54) is 6.92 Å². The lowest BCUT2D eigenvalue weighted by Gasteiger charge is -2.08. The third kappa shape index (κ3) is 4.56. The van der Waals surface area contributed by atoms with Crippen molar-refractivity contribution in [2.45, 2.75) is 13.5 Å². The number of anilines is 1. The Bertz CT molecular complexity index is 654. The Morgan fingerprint density at radius 1 is 1.05 bits per heavy atom. The van der Waals surface area contributed by atoms with Crippen molar-refractivity contribution in [1.82, 2.24) is 5.32 Å². The molecule has 0 aromatic heterocycles. The second-order valence-electron chi connectivity index (χ2n) is 4.54. The van der Waals surface area contributed by atoms with Crippen molar-refractivity contribution in [2.24, 2.45) is 0 Å². The van der Waals surface area contributed by atoms with E-state index in [-0.39, 0.29) is 11.8 Å². The van der Waals surface area contributed by atoms with Crippen LogP contribution in [0.2, 0.25) is 0 Å². The molecule has 2 aromatic rings. The monoisotopic (exact) mass is 394 g/mol. The van der Waals surface area contributed by atoms with Crippen molar-refractivity contribution in [3.63, 3.8) is 0 Å². The van der Waals surface area contributed by atoms with E-state index in [0.717, 1.165) is 14.8 Å². The molecule has 2 N–H and O–H groups in total. The van der Waals surface area contributed by atoms with Crippen LogP contribution in [0, 0.1) is 3.57 Å². The maximum atomic E-state index is 12.1. The molecule has 0 radical (unpaired) electrons. The van der Waals surface area contributed by atoms with Gasteiger partial charge in [0.2, 0.25) is 5.91 Å². The molecule has 0 fully saturated rings. The Morgan fingerprint density at radius 3 is 2.33 bits per heavy atom. The summed E-state index contributed by atoms with van der Waals surface area (Å²) in [5.74, 6) is -0.194. The normalized spacial score (nSPS) is 10.0. The molecule has 108 valence electrons. The third-order valence-corrected chi connectivity index (χ3v) is 3.79. The number of carbonyl (C=O) groups excluding carboxylic acids is 2. The van der Waals surface area contributed by atoms with Crippen LogP contribution in [0.3, 0.4) is 0 Å². The van der Waals surface area contributed by atoms with Crippen LogP contribution in [-0.2, 0) is 11.3 Å². The van der Waals surface area contributed by atoms with E-state index in [1.54, 1.807) is 6.07 Å². The number of halogens is 1. The zero-order valence-corrected chi connectivity index (χ0v) is 13.7. The van der Waals surface area contributed by atoms with Crippen LogP contribution < -0.4 is 10.6 Å². The van der Waals surface area contributed by atoms with Gasteiger partial charge in [-0.15, -0.1) is 0 Å². The highest BCUT2D eigenvalue weighted by Gasteiger charge is 2.08. The molecular weight excluding hydrogens is 379 g/mol. The van der Waals surface area contributed by atoms with Gasteiger partial charge in [-0.1, -0.05) is 24.3 Å². The molecule has 0 unspecified atom stereocenters. The number of hydrogen-bond acceptors (Lipinski definition) is 2. The Morgan fingerprint density at radius 2 is 1.71 bits per heavy atom. The van der Waals surface area contributed by atoms with Crippen molar-refractivity contribution in [1.29, 1.82) is 0 Å². The smallest absolute Gasteiger partial charge is 0.252 e. The van der Waals surface area contributed by atoms with Crippen molar-refractivity contribution < 1.29 is 9.59 Å². The highest BCUT2D eigenvalue weighted by molar-refractivity contribution is 14.1. The molecule has 4 nitrogen and oxygen atoms in total. The van der Waals surface area contributed by atoms with Gasteiger partial charge in [-0.2, -0.15) is 0 Å². The van der Waals surface area contributed by atoms with Gasteiger partial charge in [0.05, 0.1) is 5.56 Å². The van der Waals surface area contributed by atoms with Gasteiger partial charge in [0.1, 0.15) is 0 Å². The van der Waals surface area contributed by atoms with E-state index in [0.29, 0.717) is 12.1 Å². The van der Waals surface area contributed by atoms with Gasteiger partial charge in [-0.05, 0) is 52.4 Å². The maximum Gasteiger partial charge on any atom is 0.252 e. The van der Waals surface area contributed by atoms with Crippen LogP contribution >= 0.6 is 22.6 Å². The zero-order chi connectivity index (χ0) is 15.2. The highest BCUT2D eigenvalue weighted by Crippen LogP contribution is 2.12. The van der Waals surface area contributed by atoms with Crippen molar-refractivity contribution in [3.05, 3.63) is 63.2 Å². The minimum atomic E-state index is -0.102. The van der Waals surface area contributed by atoms with Gasteiger partial charge in [0, 0.05) is 22.7 Å². The van der Waals surface area contributed by atoms with Crippen LogP contribution in [0.15, 0.2) is 48.5 Å². The van der Waals surface area contributed by atoms with Gasteiger partial charge in [-0.25, -0.2) is 0 Å². The molecule has 0 heterocycles. The lowest BCUT2D eigenvalue weighted by atomic mass is 10.2. The second-order valence-corrected chi connectivity index (χ2v) is 5.70. The average Bonchev–Trinajstić information content (AvgIpc) is 2.46. The Hall–Kier alpha value is -1.89. The fourth-order valence-electron chi connectivity index (χ4n) is 1.83. The minimum Gasteiger partial charge on any atom is -0.348 e. The SMILES string of the molecule is CC(=O)Nc1ccc(CNC(=O)c2ccccc2I)cc1. The molecule has 0 aliphatic heterocycles. The number of amides is 2. The Kier molecular flexibility index (Phi) is 5.32. The second kappa shape index (κ2) is 7.21. The quantitative estimate of drug-likeness (QED) is 0.783. The summed E-state index contributed by atoms with van der Waals surface area (Å²) in [6, 6.07) is 14.8. The molecule has 2 amide bonds. The van der Waals surface area contributed by atoms with Gasteiger partial charge in [0.25, 0.3) is 5.91 Å². The molecular formula is C16H15IN2O2. The van der Waals surface area contributed by atoms with Crippen LogP contribution in [0.25, 0.3) is 0 Å². The molecule has 21 heavy (non-hydrogen) atoms. The fraction of sp³-hybridized carbons (Fsp3) is 0.125. The molecule has 2 aromatic carbocycles. The average molecular weight is 394 g/mol. The van der Waals surface area contributed by atoms with Crippen molar-refractivity contribution >= 4 is 40.1 Å². The summed E-state index contributed by atoms with van der Waals surface area (Å²) >= 11 is 2.14. The molecule has 0 spiro atoms. The van der Waals surface area contributed by atoms with E-state index < -0.39 is 0 Å². The van der Waals surface area contributed by atoms with Crippen LogP contribution in [0.1, 0.15) is 22.8 Å². The van der Waals surface area contributed by atoms with E-state index in [2.05, 4.69) is 33.2 Å². The van der Waals surface area contributed by atoms with E-state index in [4.69, 9.17) is 0 Å². The molecule has 0 saturated heterocycles. The van der Waals surface area contributed by atoms with Crippen molar-refractivity contribution in [2.75, 3.05) is 5.32 Å². The first-order valence-electron chi connectivity index (χ1n) is 6.45. The lowest BCUT2D eigenvalue weighted by molar-refractivity contribution is -0.114. The van der Waals surface area contributed by atoms with E-state index in [1.807, 2.05) is 42.5 Å².